The van der Waals surface area contributed by atoms with E-state index in [0.717, 1.165) is 5.56 Å². The molecule has 0 spiro atoms. The van der Waals surface area contributed by atoms with E-state index in [-0.39, 0.29) is 24.1 Å². The summed E-state index contributed by atoms with van der Waals surface area (Å²) in [6, 6.07) is 9.57. The van der Waals surface area contributed by atoms with Crippen LogP contribution < -0.4 is 0 Å². The van der Waals surface area contributed by atoms with Crippen LogP contribution in [-0.2, 0) is 25.6 Å². The summed E-state index contributed by atoms with van der Waals surface area (Å²) in [5.74, 6) is -0.563. The Hall–Kier alpha value is -1.88. The molecule has 1 heterocycles. The average Bonchev–Trinajstić information content (AvgIpc) is 2.82. The standard InChI is InChI=1S/C16H21NO4/c1-3-20-16(19)15-9-14(21-12(2)18)11-17(15)10-13-7-5-4-6-8-13/h4-8,14-15H,3,9-11H2,1-2H3/t14-,15+/m0/s1. The molecule has 5 nitrogen and oxygen atoms in total. The van der Waals surface area contributed by atoms with Crippen molar-refractivity contribution in [3.63, 3.8) is 0 Å². The number of carbonyl (C=O) groups excluding carboxylic acids is 2. The molecular formula is C16H21NO4. The van der Waals surface area contributed by atoms with Gasteiger partial charge in [0.05, 0.1) is 6.61 Å². The number of nitrogens with zero attached hydrogens (tertiary/aromatic N) is 1. The smallest absolute Gasteiger partial charge is 0.323 e. The number of likely N-dealkylation sites (tertiary alicyclic amines) is 1. The fourth-order valence-corrected chi connectivity index (χ4v) is 2.66. The molecule has 0 aromatic heterocycles. The Balaban J connectivity index is 2.07. The Morgan fingerprint density at radius 1 is 1.29 bits per heavy atom. The first-order chi connectivity index (χ1) is 10.1. The Labute approximate surface area is 124 Å². The van der Waals surface area contributed by atoms with Crippen molar-refractivity contribution in [2.45, 2.75) is 39.0 Å². The molecule has 2 atom stereocenters. The minimum atomic E-state index is -0.352. The highest BCUT2D eigenvalue weighted by Crippen LogP contribution is 2.24. The van der Waals surface area contributed by atoms with Crippen molar-refractivity contribution in [1.29, 1.82) is 0 Å². The predicted octanol–water partition coefficient (Wildman–Crippen LogP) is 1.76. The average molecular weight is 291 g/mol. The van der Waals surface area contributed by atoms with Crippen molar-refractivity contribution in [3.05, 3.63) is 35.9 Å². The second kappa shape index (κ2) is 7.22. The van der Waals surface area contributed by atoms with Crippen molar-refractivity contribution in [3.8, 4) is 0 Å². The number of benzene rings is 1. The second-order valence-corrected chi connectivity index (χ2v) is 5.15. The van der Waals surface area contributed by atoms with E-state index in [2.05, 4.69) is 0 Å². The van der Waals surface area contributed by atoms with Crippen molar-refractivity contribution in [2.24, 2.45) is 0 Å². The van der Waals surface area contributed by atoms with Crippen LogP contribution in [0.15, 0.2) is 30.3 Å². The zero-order valence-electron chi connectivity index (χ0n) is 12.5. The SMILES string of the molecule is CCOC(=O)[C@H]1C[C@H](OC(C)=O)CN1Cc1ccccc1. The first-order valence-electron chi connectivity index (χ1n) is 7.22. The third-order valence-electron chi connectivity index (χ3n) is 3.48. The molecule has 0 unspecified atom stereocenters. The molecule has 1 aromatic rings. The highest BCUT2D eigenvalue weighted by Gasteiger charge is 2.39. The van der Waals surface area contributed by atoms with E-state index in [9.17, 15) is 9.59 Å². The molecular weight excluding hydrogens is 270 g/mol. The van der Waals surface area contributed by atoms with Gasteiger partial charge in [-0.15, -0.1) is 0 Å². The predicted molar refractivity (Wildman–Crippen MR) is 77.4 cm³/mol. The summed E-state index contributed by atoms with van der Waals surface area (Å²) < 4.78 is 10.4. The highest BCUT2D eigenvalue weighted by molar-refractivity contribution is 5.76. The van der Waals surface area contributed by atoms with E-state index in [0.29, 0.717) is 26.1 Å². The lowest BCUT2D eigenvalue weighted by atomic mass is 10.1. The van der Waals surface area contributed by atoms with Crippen LogP contribution in [-0.4, -0.2) is 42.1 Å². The molecule has 2 rings (SSSR count). The minimum absolute atomic E-state index is 0.247. The van der Waals surface area contributed by atoms with Gasteiger partial charge in [0.2, 0.25) is 0 Å². The van der Waals surface area contributed by atoms with E-state index in [1.54, 1.807) is 6.92 Å². The first kappa shape index (κ1) is 15.5. The molecule has 1 fully saturated rings. The maximum atomic E-state index is 12.1. The third-order valence-corrected chi connectivity index (χ3v) is 3.48. The van der Waals surface area contributed by atoms with Gasteiger partial charge >= 0.3 is 11.9 Å². The topological polar surface area (TPSA) is 55.8 Å². The van der Waals surface area contributed by atoms with Crippen LogP contribution in [0.2, 0.25) is 0 Å². The van der Waals surface area contributed by atoms with Gasteiger partial charge in [-0.3, -0.25) is 14.5 Å². The van der Waals surface area contributed by atoms with Crippen LogP contribution >= 0.6 is 0 Å². The number of hydrogen-bond acceptors (Lipinski definition) is 5. The Morgan fingerprint density at radius 2 is 2.00 bits per heavy atom. The Morgan fingerprint density at radius 3 is 2.62 bits per heavy atom. The van der Waals surface area contributed by atoms with Crippen LogP contribution in [0.5, 0.6) is 0 Å². The molecule has 1 saturated heterocycles. The van der Waals surface area contributed by atoms with E-state index in [1.807, 2.05) is 35.2 Å². The van der Waals surface area contributed by atoms with Crippen LogP contribution in [0.1, 0.15) is 25.8 Å². The summed E-state index contributed by atoms with van der Waals surface area (Å²) in [5.41, 5.74) is 1.12. The normalized spacial score (nSPS) is 22.0. The summed E-state index contributed by atoms with van der Waals surface area (Å²) in [6.07, 6.45) is 0.242. The van der Waals surface area contributed by atoms with Gasteiger partial charge in [0.15, 0.2) is 0 Å². The molecule has 0 bridgehead atoms. The third kappa shape index (κ3) is 4.29. The molecule has 114 valence electrons. The monoisotopic (exact) mass is 291 g/mol. The van der Waals surface area contributed by atoms with Crippen molar-refractivity contribution < 1.29 is 19.1 Å². The van der Waals surface area contributed by atoms with Gasteiger partial charge in [0.25, 0.3) is 0 Å². The molecule has 0 aliphatic carbocycles. The molecule has 1 aliphatic heterocycles. The van der Waals surface area contributed by atoms with Gasteiger partial charge in [0, 0.05) is 26.4 Å². The summed E-state index contributed by atoms with van der Waals surface area (Å²) >= 11 is 0. The van der Waals surface area contributed by atoms with Gasteiger partial charge < -0.3 is 9.47 Å². The first-order valence-corrected chi connectivity index (χ1v) is 7.22. The van der Waals surface area contributed by atoms with Crippen LogP contribution in [0.3, 0.4) is 0 Å². The molecule has 0 N–H and O–H groups in total. The van der Waals surface area contributed by atoms with E-state index in [1.165, 1.54) is 6.92 Å². The van der Waals surface area contributed by atoms with Crippen LogP contribution in [0, 0.1) is 0 Å². The lowest BCUT2D eigenvalue weighted by molar-refractivity contribution is -0.149. The zero-order valence-corrected chi connectivity index (χ0v) is 12.5. The number of hydrogen-bond donors (Lipinski definition) is 0. The van der Waals surface area contributed by atoms with Crippen molar-refractivity contribution >= 4 is 11.9 Å². The fraction of sp³-hybridized carbons (Fsp3) is 0.500. The lowest BCUT2D eigenvalue weighted by Crippen LogP contribution is -2.36. The molecule has 21 heavy (non-hydrogen) atoms. The maximum Gasteiger partial charge on any atom is 0.323 e. The summed E-state index contributed by atoms with van der Waals surface area (Å²) in [5, 5.41) is 0. The van der Waals surface area contributed by atoms with Gasteiger partial charge in [0.1, 0.15) is 12.1 Å². The number of carbonyl (C=O) groups is 2. The maximum absolute atomic E-state index is 12.1. The molecule has 0 saturated carbocycles. The Kier molecular flexibility index (Phi) is 5.33. The van der Waals surface area contributed by atoms with E-state index >= 15 is 0 Å². The summed E-state index contributed by atoms with van der Waals surface area (Å²) in [4.78, 5) is 25.2. The number of rotatable bonds is 5. The van der Waals surface area contributed by atoms with E-state index < -0.39 is 0 Å². The van der Waals surface area contributed by atoms with Crippen molar-refractivity contribution in [1.82, 2.24) is 4.90 Å². The van der Waals surface area contributed by atoms with Crippen molar-refractivity contribution in [2.75, 3.05) is 13.2 Å². The fourth-order valence-electron chi connectivity index (χ4n) is 2.66. The highest BCUT2D eigenvalue weighted by atomic mass is 16.5. The van der Waals surface area contributed by atoms with Gasteiger partial charge in [-0.05, 0) is 12.5 Å². The molecule has 1 aromatic carbocycles. The molecule has 5 heteroatoms. The molecule has 0 amide bonds. The minimum Gasteiger partial charge on any atom is -0.465 e. The van der Waals surface area contributed by atoms with Crippen LogP contribution in [0.4, 0.5) is 0 Å². The van der Waals surface area contributed by atoms with Gasteiger partial charge in [-0.25, -0.2) is 0 Å². The quantitative estimate of drug-likeness (QED) is 0.774. The Bertz CT molecular complexity index is 488. The number of esters is 2. The van der Waals surface area contributed by atoms with E-state index in [4.69, 9.17) is 9.47 Å². The molecule has 1 aliphatic rings. The van der Waals surface area contributed by atoms with Gasteiger partial charge in [-0.1, -0.05) is 30.3 Å². The largest absolute Gasteiger partial charge is 0.465 e. The summed E-state index contributed by atoms with van der Waals surface area (Å²) in [6.45, 7) is 4.73. The van der Waals surface area contributed by atoms with Crippen LogP contribution in [0.25, 0.3) is 0 Å². The number of ether oxygens (including phenoxy) is 2. The van der Waals surface area contributed by atoms with Gasteiger partial charge in [-0.2, -0.15) is 0 Å². The second-order valence-electron chi connectivity index (χ2n) is 5.15. The zero-order chi connectivity index (χ0) is 15.2. The molecule has 0 radical (unpaired) electrons. The lowest BCUT2D eigenvalue weighted by Gasteiger charge is -2.22. The summed E-state index contributed by atoms with van der Waals surface area (Å²) in [7, 11) is 0.